The molecule has 2 rings (SSSR count). The molecule has 90 valence electrons. The van der Waals surface area contributed by atoms with Crippen LogP contribution in [0, 0.1) is 11.3 Å². The topological polar surface area (TPSA) is 58.7 Å². The number of amides is 1. The highest BCUT2D eigenvalue weighted by atomic mass is 16.2. The lowest BCUT2D eigenvalue weighted by Gasteiger charge is -2.33. The van der Waals surface area contributed by atoms with Gasteiger partial charge in [-0.05, 0) is 31.6 Å². The first-order valence-electron chi connectivity index (χ1n) is 5.87. The lowest BCUT2D eigenvalue weighted by molar-refractivity contribution is -0.129. The van der Waals surface area contributed by atoms with E-state index < -0.39 is 0 Å². The maximum Gasteiger partial charge on any atom is 0.231 e. The molecule has 16 heavy (non-hydrogen) atoms. The summed E-state index contributed by atoms with van der Waals surface area (Å²) in [6, 6.07) is 0. The van der Waals surface area contributed by atoms with Gasteiger partial charge in [0.2, 0.25) is 5.91 Å². The van der Waals surface area contributed by atoms with E-state index in [2.05, 4.69) is 18.8 Å². The standard InChI is InChI=1S/C12H21N3O/c1-11(2)5-8(11)7-15-9(16)6-12(3,4)14-10(15)13/h8H,5-7H2,1-4H3,(H2,13,14)/t8-/m1/s1. The molecule has 0 spiro atoms. The SMILES string of the molecule is CC1(C)CC(=O)N(C[C@H]2CC2(C)C)C(N)=N1. The maximum atomic E-state index is 12.0. The summed E-state index contributed by atoms with van der Waals surface area (Å²) < 4.78 is 0. The predicted octanol–water partition coefficient (Wildman–Crippen LogP) is 1.36. The summed E-state index contributed by atoms with van der Waals surface area (Å²) in [4.78, 5) is 18.0. The maximum absolute atomic E-state index is 12.0. The van der Waals surface area contributed by atoms with E-state index in [1.54, 1.807) is 4.90 Å². The first-order valence-corrected chi connectivity index (χ1v) is 5.87. The molecule has 2 N–H and O–H groups in total. The Hall–Kier alpha value is -1.06. The second-order valence-corrected chi connectivity index (χ2v) is 6.35. The predicted molar refractivity (Wildman–Crippen MR) is 63.9 cm³/mol. The number of nitrogens with zero attached hydrogens (tertiary/aromatic N) is 2. The minimum atomic E-state index is -0.337. The minimum Gasteiger partial charge on any atom is -0.369 e. The molecule has 1 aliphatic carbocycles. The van der Waals surface area contributed by atoms with Crippen LogP contribution in [0.5, 0.6) is 0 Å². The van der Waals surface area contributed by atoms with Crippen LogP contribution >= 0.6 is 0 Å². The molecule has 0 radical (unpaired) electrons. The zero-order valence-corrected chi connectivity index (χ0v) is 10.6. The molecular formula is C12H21N3O. The van der Waals surface area contributed by atoms with Crippen molar-refractivity contribution in [3.05, 3.63) is 0 Å². The largest absolute Gasteiger partial charge is 0.369 e. The summed E-state index contributed by atoms with van der Waals surface area (Å²) in [6.45, 7) is 9.07. The van der Waals surface area contributed by atoms with Gasteiger partial charge < -0.3 is 5.73 Å². The van der Waals surface area contributed by atoms with Gasteiger partial charge in [0.25, 0.3) is 0 Å². The highest BCUT2D eigenvalue weighted by Gasteiger charge is 2.48. The quantitative estimate of drug-likeness (QED) is 0.768. The summed E-state index contributed by atoms with van der Waals surface area (Å²) >= 11 is 0. The average Bonchev–Trinajstić information content (AvgIpc) is 2.65. The van der Waals surface area contributed by atoms with Gasteiger partial charge in [-0.15, -0.1) is 0 Å². The van der Waals surface area contributed by atoms with Gasteiger partial charge in [0, 0.05) is 6.54 Å². The van der Waals surface area contributed by atoms with Gasteiger partial charge in [0.15, 0.2) is 5.96 Å². The molecule has 0 saturated heterocycles. The van der Waals surface area contributed by atoms with Crippen molar-refractivity contribution in [2.45, 2.75) is 46.1 Å². The van der Waals surface area contributed by atoms with E-state index in [1.807, 2.05) is 13.8 Å². The summed E-state index contributed by atoms with van der Waals surface area (Å²) in [5.74, 6) is 1.08. The molecule has 1 atom stereocenters. The monoisotopic (exact) mass is 223 g/mol. The Kier molecular flexibility index (Phi) is 2.30. The van der Waals surface area contributed by atoms with Gasteiger partial charge in [-0.25, -0.2) is 4.99 Å². The third kappa shape index (κ3) is 2.06. The molecule has 1 fully saturated rings. The Bertz CT molecular complexity index is 357. The van der Waals surface area contributed by atoms with Crippen molar-refractivity contribution in [3.8, 4) is 0 Å². The third-order valence-electron chi connectivity index (χ3n) is 3.70. The second-order valence-electron chi connectivity index (χ2n) is 6.35. The van der Waals surface area contributed by atoms with Crippen LogP contribution in [0.1, 0.15) is 40.5 Å². The van der Waals surface area contributed by atoms with E-state index in [4.69, 9.17) is 5.73 Å². The molecule has 4 nitrogen and oxygen atoms in total. The van der Waals surface area contributed by atoms with Gasteiger partial charge in [-0.3, -0.25) is 9.69 Å². The van der Waals surface area contributed by atoms with Crippen LogP contribution < -0.4 is 5.73 Å². The van der Waals surface area contributed by atoms with Gasteiger partial charge >= 0.3 is 0 Å². The van der Waals surface area contributed by atoms with Crippen molar-refractivity contribution in [2.75, 3.05) is 6.54 Å². The number of aliphatic imine (C=N–C) groups is 1. The number of hydrogen-bond acceptors (Lipinski definition) is 3. The van der Waals surface area contributed by atoms with Crippen LogP contribution in [0.4, 0.5) is 0 Å². The van der Waals surface area contributed by atoms with Crippen molar-refractivity contribution in [2.24, 2.45) is 22.1 Å². The van der Waals surface area contributed by atoms with Gasteiger partial charge in [0.1, 0.15) is 0 Å². The molecule has 1 amide bonds. The van der Waals surface area contributed by atoms with Crippen molar-refractivity contribution in [1.82, 2.24) is 4.90 Å². The Morgan fingerprint density at radius 1 is 1.44 bits per heavy atom. The number of carbonyl (C=O) groups is 1. The fourth-order valence-electron chi connectivity index (χ4n) is 2.31. The smallest absolute Gasteiger partial charge is 0.231 e. The number of guanidine groups is 1. The lowest BCUT2D eigenvalue weighted by atomic mass is 9.99. The second kappa shape index (κ2) is 3.22. The molecular weight excluding hydrogens is 202 g/mol. The van der Waals surface area contributed by atoms with E-state index >= 15 is 0 Å². The molecule has 0 aromatic rings. The van der Waals surface area contributed by atoms with E-state index in [1.165, 1.54) is 6.42 Å². The number of carbonyl (C=O) groups excluding carboxylic acids is 1. The van der Waals surface area contributed by atoms with Crippen LogP contribution in [0.15, 0.2) is 4.99 Å². The Morgan fingerprint density at radius 2 is 2.00 bits per heavy atom. The summed E-state index contributed by atoms with van der Waals surface area (Å²) in [7, 11) is 0. The first-order chi connectivity index (χ1) is 7.21. The molecule has 4 heteroatoms. The molecule has 0 aromatic carbocycles. The van der Waals surface area contributed by atoms with Crippen molar-refractivity contribution in [1.29, 1.82) is 0 Å². The van der Waals surface area contributed by atoms with Crippen LogP contribution in [-0.4, -0.2) is 28.9 Å². The third-order valence-corrected chi connectivity index (χ3v) is 3.70. The lowest BCUT2D eigenvalue weighted by Crippen LogP contribution is -2.50. The van der Waals surface area contributed by atoms with Gasteiger partial charge in [-0.1, -0.05) is 13.8 Å². The fourth-order valence-corrected chi connectivity index (χ4v) is 2.31. The number of hydrogen-bond donors (Lipinski definition) is 1. The Balaban J connectivity index is 2.08. The van der Waals surface area contributed by atoms with Crippen LogP contribution in [0.3, 0.4) is 0 Å². The van der Waals surface area contributed by atoms with Crippen molar-refractivity contribution in [3.63, 3.8) is 0 Å². The highest BCUT2D eigenvalue weighted by Crippen LogP contribution is 2.52. The molecule has 1 saturated carbocycles. The number of rotatable bonds is 2. The van der Waals surface area contributed by atoms with Crippen molar-refractivity contribution >= 4 is 11.9 Å². The van der Waals surface area contributed by atoms with E-state index in [9.17, 15) is 4.79 Å². The zero-order chi connectivity index (χ0) is 12.1. The number of nitrogens with two attached hydrogens (primary N) is 1. The van der Waals surface area contributed by atoms with Crippen molar-refractivity contribution < 1.29 is 4.79 Å². The molecule has 1 aliphatic heterocycles. The summed E-state index contributed by atoms with van der Waals surface area (Å²) in [5.41, 5.74) is 5.90. The van der Waals surface area contributed by atoms with E-state index in [0.29, 0.717) is 23.7 Å². The van der Waals surface area contributed by atoms with Gasteiger partial charge in [0.05, 0.1) is 12.0 Å². The van der Waals surface area contributed by atoms with Gasteiger partial charge in [-0.2, -0.15) is 0 Å². The molecule has 0 aromatic heterocycles. The minimum absolute atomic E-state index is 0.111. The highest BCUT2D eigenvalue weighted by molar-refractivity contribution is 5.99. The Morgan fingerprint density at radius 3 is 2.44 bits per heavy atom. The van der Waals surface area contributed by atoms with Crippen LogP contribution in [0.25, 0.3) is 0 Å². The summed E-state index contributed by atoms with van der Waals surface area (Å²) in [5, 5.41) is 0. The van der Waals surface area contributed by atoms with E-state index in [-0.39, 0.29) is 11.4 Å². The fraction of sp³-hybridized carbons (Fsp3) is 0.833. The molecule has 2 aliphatic rings. The zero-order valence-electron chi connectivity index (χ0n) is 10.6. The first kappa shape index (κ1) is 11.4. The Labute approximate surface area is 96.9 Å². The van der Waals surface area contributed by atoms with Crippen LogP contribution in [0.2, 0.25) is 0 Å². The summed E-state index contributed by atoms with van der Waals surface area (Å²) in [6.07, 6.45) is 1.63. The average molecular weight is 223 g/mol. The normalized spacial score (nSPS) is 31.2. The molecule has 0 unspecified atom stereocenters. The van der Waals surface area contributed by atoms with E-state index in [0.717, 1.165) is 6.54 Å². The van der Waals surface area contributed by atoms with Crippen LogP contribution in [-0.2, 0) is 4.79 Å². The molecule has 1 heterocycles. The molecule has 0 bridgehead atoms.